The average molecular weight is 243 g/mol. The first-order chi connectivity index (χ1) is 8.81. The van der Waals surface area contributed by atoms with Gasteiger partial charge in [0.2, 0.25) is 0 Å². The van der Waals surface area contributed by atoms with E-state index in [1.165, 1.54) is 22.9 Å². The van der Waals surface area contributed by atoms with Gasteiger partial charge in [0.15, 0.2) is 0 Å². The molecule has 3 heteroatoms. The van der Waals surface area contributed by atoms with E-state index in [-0.39, 0.29) is 0 Å². The Morgan fingerprint density at radius 2 is 2.22 bits per heavy atom. The minimum absolute atomic E-state index is 0.560. The molecule has 1 saturated heterocycles. The summed E-state index contributed by atoms with van der Waals surface area (Å²) in [7, 11) is 2.13. The molecule has 96 valence electrons. The maximum absolute atomic E-state index is 5.94. The molecule has 1 aromatic heterocycles. The minimum Gasteiger partial charge on any atom is -0.350 e. The van der Waals surface area contributed by atoms with Crippen molar-refractivity contribution in [3.8, 4) is 0 Å². The number of aromatic nitrogens is 1. The molecule has 2 heterocycles. The van der Waals surface area contributed by atoms with E-state index in [1.807, 2.05) is 0 Å². The van der Waals surface area contributed by atoms with Crippen LogP contribution in [0, 0.1) is 5.92 Å². The highest BCUT2D eigenvalue weighted by Crippen LogP contribution is 2.35. The van der Waals surface area contributed by atoms with E-state index in [9.17, 15) is 0 Å². The number of nitrogens with one attached hydrogen (secondary N) is 1. The van der Waals surface area contributed by atoms with Crippen LogP contribution in [-0.4, -0.2) is 24.2 Å². The molecule has 2 aromatic rings. The Balaban J connectivity index is 2.07. The van der Waals surface area contributed by atoms with Crippen molar-refractivity contribution in [2.75, 3.05) is 19.6 Å². The normalized spacial score (nSPS) is 24.6. The number of hydrogen-bond acceptors (Lipinski definition) is 2. The van der Waals surface area contributed by atoms with E-state index in [0.717, 1.165) is 19.6 Å². The van der Waals surface area contributed by atoms with E-state index in [1.54, 1.807) is 0 Å². The van der Waals surface area contributed by atoms with Gasteiger partial charge in [0, 0.05) is 24.1 Å². The Labute approximate surface area is 108 Å². The van der Waals surface area contributed by atoms with Crippen molar-refractivity contribution < 1.29 is 0 Å². The summed E-state index contributed by atoms with van der Waals surface area (Å²) in [4.78, 5) is 0. The number of nitrogens with two attached hydrogens (primary N) is 1. The lowest BCUT2D eigenvalue weighted by Crippen LogP contribution is -2.39. The van der Waals surface area contributed by atoms with E-state index in [4.69, 9.17) is 5.73 Å². The Kier molecular flexibility index (Phi) is 3.10. The molecule has 3 N–H and O–H groups in total. The predicted octanol–water partition coefficient (Wildman–Crippen LogP) is 1.83. The molecule has 2 atom stereocenters. The average Bonchev–Trinajstić information content (AvgIpc) is 2.77. The smallest absolute Gasteiger partial charge is 0.0480 e. The van der Waals surface area contributed by atoms with Crippen LogP contribution in [0.3, 0.4) is 0 Å². The maximum Gasteiger partial charge on any atom is 0.0480 e. The number of benzene rings is 1. The largest absolute Gasteiger partial charge is 0.350 e. The molecule has 0 spiro atoms. The first-order valence-corrected chi connectivity index (χ1v) is 6.76. The Hall–Kier alpha value is -1.32. The number of nitrogens with zero attached hydrogens (tertiary/aromatic N) is 1. The second-order valence-corrected chi connectivity index (χ2v) is 5.31. The van der Waals surface area contributed by atoms with Crippen LogP contribution in [0.4, 0.5) is 0 Å². The van der Waals surface area contributed by atoms with E-state index in [2.05, 4.69) is 47.4 Å². The van der Waals surface area contributed by atoms with Crippen LogP contribution in [0.15, 0.2) is 30.5 Å². The first kappa shape index (κ1) is 11.8. The van der Waals surface area contributed by atoms with Crippen molar-refractivity contribution in [3.05, 3.63) is 36.0 Å². The lowest BCUT2D eigenvalue weighted by Gasteiger charge is -2.31. The molecule has 0 aliphatic carbocycles. The molecule has 3 rings (SSSR count). The highest BCUT2D eigenvalue weighted by molar-refractivity contribution is 5.84. The highest BCUT2D eigenvalue weighted by Gasteiger charge is 2.27. The zero-order valence-electron chi connectivity index (χ0n) is 10.9. The van der Waals surface area contributed by atoms with Crippen LogP contribution in [0.25, 0.3) is 10.9 Å². The SMILES string of the molecule is Cn1cc(C2CCNCC2CN)c2ccccc21. The van der Waals surface area contributed by atoms with Gasteiger partial charge in [-0.25, -0.2) is 0 Å². The molecule has 0 saturated carbocycles. The fourth-order valence-corrected chi connectivity index (χ4v) is 3.25. The maximum atomic E-state index is 5.94. The van der Waals surface area contributed by atoms with Crippen molar-refractivity contribution in [1.82, 2.24) is 9.88 Å². The summed E-state index contributed by atoms with van der Waals surface area (Å²) < 4.78 is 2.24. The topological polar surface area (TPSA) is 43.0 Å². The van der Waals surface area contributed by atoms with E-state index < -0.39 is 0 Å². The molecule has 2 unspecified atom stereocenters. The van der Waals surface area contributed by atoms with Gasteiger partial charge in [-0.1, -0.05) is 18.2 Å². The van der Waals surface area contributed by atoms with Crippen molar-refractivity contribution in [3.63, 3.8) is 0 Å². The third-order valence-electron chi connectivity index (χ3n) is 4.24. The predicted molar refractivity (Wildman–Crippen MR) is 75.7 cm³/mol. The number of hydrogen-bond donors (Lipinski definition) is 2. The van der Waals surface area contributed by atoms with Gasteiger partial charge in [0.25, 0.3) is 0 Å². The van der Waals surface area contributed by atoms with Crippen LogP contribution in [0.1, 0.15) is 17.9 Å². The molecule has 0 amide bonds. The zero-order chi connectivity index (χ0) is 12.5. The van der Waals surface area contributed by atoms with Gasteiger partial charge in [0.1, 0.15) is 0 Å². The molecular weight excluding hydrogens is 222 g/mol. The quantitative estimate of drug-likeness (QED) is 0.845. The lowest BCUT2D eigenvalue weighted by atomic mass is 9.81. The molecular formula is C15H21N3. The molecule has 0 radical (unpaired) electrons. The third-order valence-corrected chi connectivity index (χ3v) is 4.24. The highest BCUT2D eigenvalue weighted by atomic mass is 14.9. The monoisotopic (exact) mass is 243 g/mol. The minimum atomic E-state index is 0.560. The number of aryl methyl sites for hydroxylation is 1. The molecule has 1 aliphatic rings. The van der Waals surface area contributed by atoms with Crippen molar-refractivity contribution in [1.29, 1.82) is 0 Å². The van der Waals surface area contributed by atoms with Gasteiger partial charge >= 0.3 is 0 Å². The standard InChI is InChI=1S/C15H21N3/c1-18-10-14(13-4-2-3-5-15(13)18)12-6-7-17-9-11(12)8-16/h2-5,10-12,17H,6-9,16H2,1H3. The number of para-hydroxylation sites is 1. The van der Waals surface area contributed by atoms with Crippen LogP contribution in [-0.2, 0) is 7.05 Å². The molecule has 18 heavy (non-hydrogen) atoms. The summed E-state index contributed by atoms with van der Waals surface area (Å²) in [5, 5.41) is 4.85. The van der Waals surface area contributed by atoms with Crippen molar-refractivity contribution in [2.45, 2.75) is 12.3 Å². The summed E-state index contributed by atoms with van der Waals surface area (Å²) in [6, 6.07) is 8.66. The molecule has 1 aromatic carbocycles. The fourth-order valence-electron chi connectivity index (χ4n) is 3.25. The van der Waals surface area contributed by atoms with Crippen LogP contribution in [0.2, 0.25) is 0 Å². The van der Waals surface area contributed by atoms with E-state index in [0.29, 0.717) is 11.8 Å². The van der Waals surface area contributed by atoms with Crippen LogP contribution < -0.4 is 11.1 Å². The Morgan fingerprint density at radius 1 is 1.39 bits per heavy atom. The Morgan fingerprint density at radius 3 is 3.06 bits per heavy atom. The van der Waals surface area contributed by atoms with Crippen molar-refractivity contribution >= 4 is 10.9 Å². The lowest BCUT2D eigenvalue weighted by molar-refractivity contribution is 0.334. The zero-order valence-corrected chi connectivity index (χ0v) is 10.9. The molecule has 1 aliphatic heterocycles. The summed E-state index contributed by atoms with van der Waals surface area (Å²) in [5.41, 5.74) is 8.73. The summed E-state index contributed by atoms with van der Waals surface area (Å²) in [5.74, 6) is 1.16. The van der Waals surface area contributed by atoms with Crippen LogP contribution >= 0.6 is 0 Å². The van der Waals surface area contributed by atoms with Crippen LogP contribution in [0.5, 0.6) is 0 Å². The third kappa shape index (κ3) is 1.84. The number of fused-ring (bicyclic) bond motifs is 1. The molecule has 1 fully saturated rings. The fraction of sp³-hybridized carbons (Fsp3) is 0.467. The van der Waals surface area contributed by atoms with Gasteiger partial charge in [-0.15, -0.1) is 0 Å². The second kappa shape index (κ2) is 4.75. The summed E-state index contributed by atoms with van der Waals surface area (Å²) >= 11 is 0. The molecule has 0 bridgehead atoms. The summed E-state index contributed by atoms with van der Waals surface area (Å²) in [6.45, 7) is 2.91. The van der Waals surface area contributed by atoms with Gasteiger partial charge in [-0.3, -0.25) is 0 Å². The van der Waals surface area contributed by atoms with E-state index >= 15 is 0 Å². The molecule has 3 nitrogen and oxygen atoms in total. The van der Waals surface area contributed by atoms with Gasteiger partial charge in [0.05, 0.1) is 0 Å². The Bertz CT molecular complexity index is 544. The number of piperidine rings is 1. The number of rotatable bonds is 2. The summed E-state index contributed by atoms with van der Waals surface area (Å²) in [6.07, 6.45) is 3.49. The first-order valence-electron chi connectivity index (χ1n) is 6.76. The van der Waals surface area contributed by atoms with Gasteiger partial charge in [-0.05, 0) is 49.5 Å². The second-order valence-electron chi connectivity index (χ2n) is 5.31. The van der Waals surface area contributed by atoms with Gasteiger partial charge in [-0.2, -0.15) is 0 Å². The van der Waals surface area contributed by atoms with Crippen molar-refractivity contribution in [2.24, 2.45) is 18.7 Å². The van der Waals surface area contributed by atoms with Gasteiger partial charge < -0.3 is 15.6 Å².